The highest BCUT2D eigenvalue weighted by atomic mass is 16.3. The van der Waals surface area contributed by atoms with E-state index in [0.29, 0.717) is 5.56 Å². The lowest BCUT2D eigenvalue weighted by Crippen LogP contribution is -2.29. The lowest BCUT2D eigenvalue weighted by molar-refractivity contribution is 0.0715. The van der Waals surface area contributed by atoms with Gasteiger partial charge in [-0.1, -0.05) is 91.0 Å². The molecule has 0 heterocycles. The molecule has 3 aromatic carbocycles. The molecule has 1 N–H and O–H groups in total. The number of carbonyl (C=O) groups is 1. The minimum atomic E-state index is -1.12. The van der Waals surface area contributed by atoms with Crippen molar-refractivity contribution in [3.05, 3.63) is 108 Å². The second kappa shape index (κ2) is 7.03. The van der Waals surface area contributed by atoms with Gasteiger partial charge in [-0.25, -0.2) is 0 Å². The van der Waals surface area contributed by atoms with E-state index in [-0.39, 0.29) is 11.7 Å². The Balaban J connectivity index is 2.00. The van der Waals surface area contributed by atoms with Crippen LogP contribution in [0.2, 0.25) is 0 Å². The highest BCUT2D eigenvalue weighted by molar-refractivity contribution is 6.00. The fourth-order valence-electron chi connectivity index (χ4n) is 2.80. The van der Waals surface area contributed by atoms with E-state index in [4.69, 9.17) is 0 Å². The Labute approximate surface area is 136 Å². The monoisotopic (exact) mass is 302 g/mol. The number of carbonyl (C=O) groups excluding carboxylic acids is 1. The van der Waals surface area contributed by atoms with E-state index in [1.807, 2.05) is 66.7 Å². The number of Topliss-reactive ketones (excluding diaryl/α,β-unsaturated/α-hetero) is 1. The molecule has 3 rings (SSSR count). The van der Waals surface area contributed by atoms with E-state index < -0.39 is 6.10 Å². The number of aliphatic hydroxyl groups excluding tert-OH is 1. The Hall–Kier alpha value is -2.71. The van der Waals surface area contributed by atoms with Gasteiger partial charge in [0.2, 0.25) is 0 Å². The predicted octanol–water partition coefficient (Wildman–Crippen LogP) is 4.06. The van der Waals surface area contributed by atoms with Crippen LogP contribution in [0.15, 0.2) is 91.0 Å². The molecule has 0 aliphatic carbocycles. The average Bonchev–Trinajstić information content (AvgIpc) is 2.64. The van der Waals surface area contributed by atoms with E-state index >= 15 is 0 Å². The van der Waals surface area contributed by atoms with Crippen LogP contribution in [0.5, 0.6) is 0 Å². The number of hydrogen-bond donors (Lipinski definition) is 1. The van der Waals surface area contributed by atoms with E-state index in [1.54, 1.807) is 24.3 Å². The molecule has 0 fully saturated rings. The molecule has 0 spiro atoms. The summed E-state index contributed by atoms with van der Waals surface area (Å²) in [6, 6.07) is 28.3. The fraction of sp³-hybridized carbons (Fsp3) is 0.0952. The summed E-state index contributed by atoms with van der Waals surface area (Å²) < 4.78 is 0. The zero-order valence-electron chi connectivity index (χ0n) is 12.7. The normalized spacial score (nSPS) is 12.1. The van der Waals surface area contributed by atoms with Gasteiger partial charge in [-0.05, 0) is 11.1 Å². The second-order valence-electron chi connectivity index (χ2n) is 5.47. The largest absolute Gasteiger partial charge is 0.384 e. The summed E-state index contributed by atoms with van der Waals surface area (Å²) in [7, 11) is 0. The second-order valence-corrected chi connectivity index (χ2v) is 5.47. The SMILES string of the molecule is O=C(c1ccccc1)C(O)C(c1ccccc1)c1ccccc1. The first-order chi connectivity index (χ1) is 11.3. The van der Waals surface area contributed by atoms with Crippen LogP contribution >= 0.6 is 0 Å². The summed E-state index contributed by atoms with van der Waals surface area (Å²) in [5.74, 6) is -0.645. The summed E-state index contributed by atoms with van der Waals surface area (Å²) in [5.41, 5.74) is 2.38. The van der Waals surface area contributed by atoms with Crippen LogP contribution in [-0.4, -0.2) is 17.0 Å². The summed E-state index contributed by atoms with van der Waals surface area (Å²) in [5, 5.41) is 10.8. The molecule has 0 amide bonds. The molecular formula is C21H18O2. The third kappa shape index (κ3) is 3.38. The first-order valence-electron chi connectivity index (χ1n) is 7.64. The van der Waals surface area contributed by atoms with Crippen molar-refractivity contribution in [2.75, 3.05) is 0 Å². The molecule has 0 bridgehead atoms. The van der Waals surface area contributed by atoms with E-state index in [9.17, 15) is 9.90 Å². The number of hydrogen-bond acceptors (Lipinski definition) is 2. The lowest BCUT2D eigenvalue weighted by atomic mass is 9.83. The maximum absolute atomic E-state index is 12.7. The molecule has 0 aliphatic rings. The summed E-state index contributed by atoms with van der Waals surface area (Å²) in [4.78, 5) is 12.7. The molecule has 0 saturated heterocycles. The fourth-order valence-corrected chi connectivity index (χ4v) is 2.80. The van der Waals surface area contributed by atoms with Gasteiger partial charge in [-0.15, -0.1) is 0 Å². The van der Waals surface area contributed by atoms with Crippen molar-refractivity contribution >= 4 is 5.78 Å². The van der Waals surface area contributed by atoms with Gasteiger partial charge in [0.25, 0.3) is 0 Å². The Bertz CT molecular complexity index is 712. The zero-order chi connectivity index (χ0) is 16.1. The summed E-state index contributed by atoms with van der Waals surface area (Å²) in [6.45, 7) is 0. The van der Waals surface area contributed by atoms with Gasteiger partial charge in [0.15, 0.2) is 5.78 Å². The van der Waals surface area contributed by atoms with Crippen LogP contribution in [0, 0.1) is 0 Å². The standard InChI is InChI=1S/C21H18O2/c22-20(18-14-8-3-9-15-18)21(23)19(16-10-4-1-5-11-16)17-12-6-2-7-13-17/h1-15,19,21,23H. The number of aliphatic hydroxyl groups is 1. The van der Waals surface area contributed by atoms with Crippen molar-refractivity contribution in [1.82, 2.24) is 0 Å². The van der Waals surface area contributed by atoms with E-state index in [1.165, 1.54) is 0 Å². The van der Waals surface area contributed by atoms with Gasteiger partial charge in [-0.2, -0.15) is 0 Å². The van der Waals surface area contributed by atoms with Crippen LogP contribution < -0.4 is 0 Å². The molecule has 0 aliphatic heterocycles. The summed E-state index contributed by atoms with van der Waals surface area (Å²) >= 11 is 0. The Morgan fingerprint density at radius 2 is 1.04 bits per heavy atom. The van der Waals surface area contributed by atoms with Gasteiger partial charge >= 0.3 is 0 Å². The van der Waals surface area contributed by atoms with Crippen molar-refractivity contribution in [3.63, 3.8) is 0 Å². The van der Waals surface area contributed by atoms with Crippen LogP contribution in [-0.2, 0) is 0 Å². The van der Waals surface area contributed by atoms with Crippen LogP contribution in [0.3, 0.4) is 0 Å². The lowest BCUT2D eigenvalue weighted by Gasteiger charge is -2.23. The molecule has 23 heavy (non-hydrogen) atoms. The van der Waals surface area contributed by atoms with Crippen molar-refractivity contribution in [1.29, 1.82) is 0 Å². The van der Waals surface area contributed by atoms with Crippen LogP contribution in [0.25, 0.3) is 0 Å². The van der Waals surface area contributed by atoms with Gasteiger partial charge in [0.1, 0.15) is 6.10 Å². The molecule has 0 radical (unpaired) electrons. The van der Waals surface area contributed by atoms with Gasteiger partial charge in [0.05, 0.1) is 0 Å². The van der Waals surface area contributed by atoms with Gasteiger partial charge < -0.3 is 5.11 Å². The van der Waals surface area contributed by atoms with Crippen molar-refractivity contribution < 1.29 is 9.90 Å². The first kappa shape index (κ1) is 15.2. The summed E-state index contributed by atoms with van der Waals surface area (Å²) in [6.07, 6.45) is -1.12. The third-order valence-corrected chi connectivity index (χ3v) is 3.96. The molecular weight excluding hydrogens is 284 g/mol. The molecule has 1 unspecified atom stereocenters. The average molecular weight is 302 g/mol. The first-order valence-corrected chi connectivity index (χ1v) is 7.64. The molecule has 0 saturated carbocycles. The van der Waals surface area contributed by atoms with Gasteiger partial charge in [-0.3, -0.25) is 4.79 Å². The van der Waals surface area contributed by atoms with Crippen LogP contribution in [0.4, 0.5) is 0 Å². The molecule has 1 atom stereocenters. The highest BCUT2D eigenvalue weighted by Crippen LogP contribution is 2.29. The number of benzene rings is 3. The third-order valence-electron chi connectivity index (χ3n) is 3.96. The zero-order valence-corrected chi connectivity index (χ0v) is 12.7. The topological polar surface area (TPSA) is 37.3 Å². The molecule has 0 aromatic heterocycles. The van der Waals surface area contributed by atoms with Crippen molar-refractivity contribution in [2.45, 2.75) is 12.0 Å². The van der Waals surface area contributed by atoms with E-state index in [0.717, 1.165) is 11.1 Å². The van der Waals surface area contributed by atoms with Crippen molar-refractivity contribution in [3.8, 4) is 0 Å². The van der Waals surface area contributed by atoms with Crippen molar-refractivity contribution in [2.24, 2.45) is 0 Å². The van der Waals surface area contributed by atoms with E-state index in [2.05, 4.69) is 0 Å². The Kier molecular flexibility index (Phi) is 4.65. The van der Waals surface area contributed by atoms with Gasteiger partial charge in [0, 0.05) is 11.5 Å². The molecule has 3 aromatic rings. The highest BCUT2D eigenvalue weighted by Gasteiger charge is 2.29. The van der Waals surface area contributed by atoms with Crippen LogP contribution in [0.1, 0.15) is 27.4 Å². The Morgan fingerprint density at radius 1 is 0.652 bits per heavy atom. The molecule has 114 valence electrons. The molecule has 2 nitrogen and oxygen atoms in total. The number of rotatable bonds is 5. The minimum Gasteiger partial charge on any atom is -0.384 e. The Morgan fingerprint density at radius 3 is 1.48 bits per heavy atom. The maximum Gasteiger partial charge on any atom is 0.192 e. The quantitative estimate of drug-likeness (QED) is 0.722. The molecule has 2 heteroatoms. The minimum absolute atomic E-state index is 0.261. The predicted molar refractivity (Wildman–Crippen MR) is 91.5 cm³/mol. The maximum atomic E-state index is 12.7. The smallest absolute Gasteiger partial charge is 0.192 e. The number of ketones is 1.